The van der Waals surface area contributed by atoms with Crippen LogP contribution in [0, 0.1) is 18.8 Å². The number of piperidine rings is 1. The molecule has 0 bridgehead atoms. The first-order valence-electron chi connectivity index (χ1n) is 9.03. The highest BCUT2D eigenvalue weighted by Crippen LogP contribution is 2.36. The number of ether oxygens (including phenoxy) is 1. The summed E-state index contributed by atoms with van der Waals surface area (Å²) in [5, 5.41) is 3.28. The summed E-state index contributed by atoms with van der Waals surface area (Å²) in [6, 6.07) is 10.0. The molecule has 4 nitrogen and oxygen atoms in total. The van der Waals surface area contributed by atoms with E-state index >= 15 is 0 Å². The van der Waals surface area contributed by atoms with E-state index < -0.39 is 0 Å². The Balaban J connectivity index is 1.34. The topological polar surface area (TPSA) is 42.4 Å². The summed E-state index contributed by atoms with van der Waals surface area (Å²) in [6.07, 6.45) is 2.72. The van der Waals surface area contributed by atoms with Gasteiger partial charge in [0.15, 0.2) is 0 Å². The molecule has 132 valence electrons. The Morgan fingerprint density at radius 1 is 1.36 bits per heavy atom. The van der Waals surface area contributed by atoms with Crippen molar-refractivity contribution < 1.29 is 9.53 Å². The van der Waals surface area contributed by atoms with Crippen molar-refractivity contribution >= 4 is 17.2 Å². The molecule has 0 radical (unpaired) electrons. The Morgan fingerprint density at radius 2 is 2.20 bits per heavy atom. The van der Waals surface area contributed by atoms with Gasteiger partial charge in [-0.15, -0.1) is 11.3 Å². The number of likely N-dealkylation sites (tertiary alicyclic amines) is 1. The van der Waals surface area contributed by atoms with Gasteiger partial charge in [0.1, 0.15) is 0 Å². The molecule has 3 heterocycles. The van der Waals surface area contributed by atoms with E-state index in [4.69, 9.17) is 4.74 Å². The fourth-order valence-corrected chi connectivity index (χ4v) is 4.89. The molecule has 0 saturated carbocycles. The summed E-state index contributed by atoms with van der Waals surface area (Å²) in [5.74, 6) is 1.27. The lowest BCUT2D eigenvalue weighted by molar-refractivity contribution is -0.132. The van der Waals surface area contributed by atoms with Gasteiger partial charge in [-0.25, -0.2) is 4.98 Å². The van der Waals surface area contributed by atoms with Gasteiger partial charge < -0.3 is 9.64 Å². The zero-order valence-electron chi connectivity index (χ0n) is 14.6. The van der Waals surface area contributed by atoms with Crippen LogP contribution in [0.3, 0.4) is 0 Å². The van der Waals surface area contributed by atoms with Crippen molar-refractivity contribution in [2.75, 3.05) is 19.7 Å². The van der Waals surface area contributed by atoms with Gasteiger partial charge in [0, 0.05) is 36.5 Å². The predicted octanol–water partition coefficient (Wildman–Crippen LogP) is 3.10. The summed E-state index contributed by atoms with van der Waals surface area (Å²) in [4.78, 5) is 19.2. The fraction of sp³-hybridized carbons (Fsp3) is 0.500. The number of nitrogens with zero attached hydrogens (tertiary/aromatic N) is 2. The third-order valence-corrected chi connectivity index (χ3v) is 6.38. The second kappa shape index (κ2) is 7.26. The number of fused-ring (bicyclic) bond motifs is 1. The second-order valence-corrected chi connectivity index (χ2v) is 8.12. The SMILES string of the molecule is Cc1csc(C[C@@H]2OC[C@@H]3CN(C(=O)Cc4ccccc4)CC[C@@H]32)n1. The quantitative estimate of drug-likeness (QED) is 0.845. The second-order valence-electron chi connectivity index (χ2n) is 7.17. The van der Waals surface area contributed by atoms with Crippen molar-refractivity contribution in [2.24, 2.45) is 11.8 Å². The molecule has 1 amide bonds. The van der Waals surface area contributed by atoms with E-state index in [-0.39, 0.29) is 12.0 Å². The van der Waals surface area contributed by atoms with Crippen molar-refractivity contribution in [3.05, 3.63) is 52.0 Å². The maximum atomic E-state index is 12.6. The Bertz CT molecular complexity index is 730. The van der Waals surface area contributed by atoms with Crippen molar-refractivity contribution in [2.45, 2.75) is 32.3 Å². The van der Waals surface area contributed by atoms with E-state index in [1.165, 1.54) is 5.01 Å². The first-order valence-corrected chi connectivity index (χ1v) is 9.91. The van der Waals surface area contributed by atoms with E-state index in [1.54, 1.807) is 11.3 Å². The number of amides is 1. The third-order valence-electron chi connectivity index (χ3n) is 5.39. The summed E-state index contributed by atoms with van der Waals surface area (Å²) >= 11 is 1.73. The molecular formula is C20H24N2O2S. The highest BCUT2D eigenvalue weighted by atomic mass is 32.1. The molecule has 0 aliphatic carbocycles. The minimum Gasteiger partial charge on any atom is -0.377 e. The van der Waals surface area contributed by atoms with E-state index in [1.807, 2.05) is 42.2 Å². The van der Waals surface area contributed by atoms with Crippen LogP contribution in [0.5, 0.6) is 0 Å². The summed E-state index contributed by atoms with van der Waals surface area (Å²) in [7, 11) is 0. The maximum absolute atomic E-state index is 12.6. The van der Waals surface area contributed by atoms with E-state index in [9.17, 15) is 4.79 Å². The van der Waals surface area contributed by atoms with Crippen LogP contribution in [0.15, 0.2) is 35.7 Å². The molecule has 0 N–H and O–H groups in total. The molecule has 2 aromatic rings. The Morgan fingerprint density at radius 3 is 2.96 bits per heavy atom. The smallest absolute Gasteiger partial charge is 0.227 e. The van der Waals surface area contributed by atoms with Gasteiger partial charge in [0.2, 0.25) is 5.91 Å². The van der Waals surface area contributed by atoms with Crippen LogP contribution in [0.4, 0.5) is 0 Å². The number of hydrogen-bond donors (Lipinski definition) is 0. The molecule has 0 unspecified atom stereocenters. The highest BCUT2D eigenvalue weighted by molar-refractivity contribution is 7.09. The van der Waals surface area contributed by atoms with Crippen molar-refractivity contribution in [3.8, 4) is 0 Å². The molecular weight excluding hydrogens is 332 g/mol. The zero-order chi connectivity index (χ0) is 17.2. The number of benzene rings is 1. The van der Waals surface area contributed by atoms with Gasteiger partial charge in [-0.05, 0) is 24.8 Å². The number of hydrogen-bond acceptors (Lipinski definition) is 4. The van der Waals surface area contributed by atoms with E-state index in [0.29, 0.717) is 18.3 Å². The zero-order valence-corrected chi connectivity index (χ0v) is 15.4. The number of rotatable bonds is 4. The largest absolute Gasteiger partial charge is 0.377 e. The maximum Gasteiger partial charge on any atom is 0.227 e. The predicted molar refractivity (Wildman–Crippen MR) is 98.6 cm³/mol. The number of thiazole rings is 1. The standard InChI is InChI=1S/C20H24N2O2S/c1-14-13-25-19(21-14)10-18-17-7-8-22(11-16(17)12-24-18)20(23)9-15-5-3-2-4-6-15/h2-6,13,16-18H,7-12H2,1H3/t16-,17-,18-/m0/s1. The van der Waals surface area contributed by atoms with Crippen molar-refractivity contribution in [1.82, 2.24) is 9.88 Å². The van der Waals surface area contributed by atoms with Crippen LogP contribution >= 0.6 is 11.3 Å². The number of aryl methyl sites for hydroxylation is 1. The molecule has 5 heteroatoms. The molecule has 2 aliphatic rings. The van der Waals surface area contributed by atoms with Crippen molar-refractivity contribution in [3.63, 3.8) is 0 Å². The van der Waals surface area contributed by atoms with Crippen LogP contribution in [0.25, 0.3) is 0 Å². The Hall–Kier alpha value is -1.72. The molecule has 4 rings (SSSR count). The average Bonchev–Trinajstić information content (AvgIpc) is 3.22. The van der Waals surface area contributed by atoms with Crippen LogP contribution in [-0.2, 0) is 22.4 Å². The lowest BCUT2D eigenvalue weighted by Crippen LogP contribution is -2.45. The summed E-state index contributed by atoms with van der Waals surface area (Å²) in [5.41, 5.74) is 2.19. The van der Waals surface area contributed by atoms with Gasteiger partial charge in [-0.2, -0.15) is 0 Å². The van der Waals surface area contributed by atoms with E-state index in [2.05, 4.69) is 10.4 Å². The molecule has 2 saturated heterocycles. The molecule has 2 fully saturated rings. The van der Waals surface area contributed by atoms with Gasteiger partial charge in [0.05, 0.1) is 24.1 Å². The van der Waals surface area contributed by atoms with Crippen LogP contribution in [0.1, 0.15) is 22.7 Å². The minimum atomic E-state index is 0.239. The van der Waals surface area contributed by atoms with Gasteiger partial charge in [-0.3, -0.25) is 4.79 Å². The van der Waals surface area contributed by atoms with Gasteiger partial charge in [0.25, 0.3) is 0 Å². The lowest BCUT2D eigenvalue weighted by Gasteiger charge is -2.35. The Kier molecular flexibility index (Phi) is 4.86. The molecule has 3 atom stereocenters. The third kappa shape index (κ3) is 3.77. The van der Waals surface area contributed by atoms with Crippen LogP contribution < -0.4 is 0 Å². The average molecular weight is 356 g/mol. The molecule has 0 spiro atoms. The first-order chi connectivity index (χ1) is 12.2. The number of carbonyl (C=O) groups is 1. The number of aromatic nitrogens is 1. The lowest BCUT2D eigenvalue weighted by atomic mass is 9.83. The molecule has 2 aliphatic heterocycles. The monoisotopic (exact) mass is 356 g/mol. The van der Waals surface area contributed by atoms with Gasteiger partial charge >= 0.3 is 0 Å². The summed E-state index contributed by atoms with van der Waals surface area (Å²) < 4.78 is 6.09. The van der Waals surface area contributed by atoms with Crippen LogP contribution in [-0.4, -0.2) is 41.6 Å². The Labute approximate surface area is 152 Å². The van der Waals surface area contributed by atoms with Crippen LogP contribution in [0.2, 0.25) is 0 Å². The molecule has 25 heavy (non-hydrogen) atoms. The van der Waals surface area contributed by atoms with Gasteiger partial charge in [-0.1, -0.05) is 30.3 Å². The van der Waals surface area contributed by atoms with Crippen molar-refractivity contribution in [1.29, 1.82) is 0 Å². The minimum absolute atomic E-state index is 0.239. The first kappa shape index (κ1) is 16.7. The molecule has 1 aromatic heterocycles. The highest BCUT2D eigenvalue weighted by Gasteiger charge is 2.41. The normalized spacial score (nSPS) is 25.8. The summed E-state index contributed by atoms with van der Waals surface area (Å²) in [6.45, 7) is 4.50. The fourth-order valence-electron chi connectivity index (χ4n) is 4.07. The molecule has 1 aromatic carbocycles. The number of carbonyl (C=O) groups excluding carboxylic acids is 1. The van der Waals surface area contributed by atoms with E-state index in [0.717, 1.165) is 43.8 Å².